The van der Waals surface area contributed by atoms with Crippen molar-refractivity contribution in [1.29, 1.82) is 0 Å². The van der Waals surface area contributed by atoms with Crippen LogP contribution in [0.25, 0.3) is 0 Å². The molecule has 3 rings (SSSR count). The summed E-state index contributed by atoms with van der Waals surface area (Å²) >= 11 is 3.26. The monoisotopic (exact) mass is 369 g/mol. The number of ether oxygens (including phenoxy) is 2. The Morgan fingerprint density at radius 3 is 2.82 bits per heavy atom. The highest BCUT2D eigenvalue weighted by atomic mass is 79.9. The number of carbonyl (C=O) groups excluding carboxylic acids is 1. The molecule has 1 atom stereocenters. The zero-order valence-corrected chi connectivity index (χ0v) is 14.4. The second-order valence-corrected chi connectivity index (χ2v) is 6.93. The van der Waals surface area contributed by atoms with Gasteiger partial charge in [-0.05, 0) is 34.7 Å². The smallest absolute Gasteiger partial charge is 0.360 e. The van der Waals surface area contributed by atoms with Gasteiger partial charge < -0.3 is 14.4 Å². The minimum atomic E-state index is -0.457. The molecule has 0 aliphatic carbocycles. The summed E-state index contributed by atoms with van der Waals surface area (Å²) in [6.45, 7) is 5.67. The van der Waals surface area contributed by atoms with E-state index >= 15 is 0 Å². The molecule has 1 spiro atoms. The Kier molecular flexibility index (Phi) is 4.36. The lowest BCUT2D eigenvalue weighted by Gasteiger charge is -2.41. The number of methoxy groups -OCH3 is 1. The van der Waals surface area contributed by atoms with Crippen LogP contribution in [-0.4, -0.2) is 49.4 Å². The standard InChI is InChI=1S/C15H20BrN3O3/c1-10-8-22-9-15(10)3-5-19(6-4-15)13-12(14(20)21-2)18-11(16)7-17-13/h7,10H,3-6,8-9H2,1-2H3/t10-/m1/s1. The van der Waals surface area contributed by atoms with Crippen molar-refractivity contribution in [1.82, 2.24) is 9.97 Å². The molecule has 7 heteroatoms. The van der Waals surface area contributed by atoms with Gasteiger partial charge in [0.1, 0.15) is 4.60 Å². The van der Waals surface area contributed by atoms with Crippen LogP contribution < -0.4 is 4.90 Å². The third-order valence-corrected chi connectivity index (χ3v) is 5.35. The predicted octanol–water partition coefficient (Wildman–Crippen LogP) is 2.28. The quantitative estimate of drug-likeness (QED) is 0.745. The Morgan fingerprint density at radius 2 is 2.23 bits per heavy atom. The average Bonchev–Trinajstić information content (AvgIpc) is 2.88. The molecular formula is C15H20BrN3O3. The van der Waals surface area contributed by atoms with E-state index < -0.39 is 5.97 Å². The fraction of sp³-hybridized carbons (Fsp3) is 0.667. The molecule has 120 valence electrons. The van der Waals surface area contributed by atoms with Gasteiger partial charge in [0.05, 0.1) is 19.9 Å². The van der Waals surface area contributed by atoms with Gasteiger partial charge in [-0.25, -0.2) is 14.8 Å². The van der Waals surface area contributed by atoms with Crippen molar-refractivity contribution in [3.63, 3.8) is 0 Å². The van der Waals surface area contributed by atoms with Crippen LogP contribution in [0.1, 0.15) is 30.3 Å². The van der Waals surface area contributed by atoms with Crippen molar-refractivity contribution in [2.75, 3.05) is 38.3 Å². The maximum atomic E-state index is 11.9. The molecule has 0 unspecified atom stereocenters. The van der Waals surface area contributed by atoms with Crippen molar-refractivity contribution >= 4 is 27.7 Å². The summed E-state index contributed by atoms with van der Waals surface area (Å²) in [5.41, 5.74) is 0.550. The fourth-order valence-corrected chi connectivity index (χ4v) is 3.66. The minimum absolute atomic E-state index is 0.267. The number of halogens is 1. The van der Waals surface area contributed by atoms with E-state index in [9.17, 15) is 4.79 Å². The Hall–Kier alpha value is -1.21. The summed E-state index contributed by atoms with van der Waals surface area (Å²) in [5.74, 6) is 0.740. The lowest BCUT2D eigenvalue weighted by molar-refractivity contribution is 0.0593. The molecule has 0 radical (unpaired) electrons. The molecule has 0 bridgehead atoms. The van der Waals surface area contributed by atoms with Gasteiger partial charge in [-0.1, -0.05) is 6.92 Å². The van der Waals surface area contributed by atoms with Crippen molar-refractivity contribution in [2.24, 2.45) is 11.3 Å². The SMILES string of the molecule is COC(=O)c1nc(Br)cnc1N1CCC2(CC1)COC[C@H]2C. The van der Waals surface area contributed by atoms with Crippen LogP contribution >= 0.6 is 15.9 Å². The topological polar surface area (TPSA) is 64.5 Å². The molecule has 22 heavy (non-hydrogen) atoms. The van der Waals surface area contributed by atoms with Gasteiger partial charge in [0, 0.05) is 25.1 Å². The number of rotatable bonds is 2. The molecule has 1 aromatic heterocycles. The van der Waals surface area contributed by atoms with Gasteiger partial charge in [-0.3, -0.25) is 0 Å². The summed E-state index contributed by atoms with van der Waals surface area (Å²) < 4.78 is 11.0. The fourth-order valence-electron chi connectivity index (χ4n) is 3.39. The number of carbonyl (C=O) groups is 1. The maximum absolute atomic E-state index is 11.9. The first-order valence-corrected chi connectivity index (χ1v) is 8.28. The van der Waals surface area contributed by atoms with E-state index in [1.54, 1.807) is 6.20 Å². The first-order chi connectivity index (χ1) is 10.6. The Labute approximate surface area is 138 Å². The molecular weight excluding hydrogens is 350 g/mol. The first kappa shape index (κ1) is 15.7. The number of esters is 1. The summed E-state index contributed by atoms with van der Waals surface area (Å²) in [6, 6.07) is 0. The number of piperidine rings is 1. The first-order valence-electron chi connectivity index (χ1n) is 7.49. The Bertz CT molecular complexity index is 573. The average molecular weight is 370 g/mol. The molecule has 2 saturated heterocycles. The maximum Gasteiger partial charge on any atom is 0.360 e. The second kappa shape index (κ2) is 6.12. The van der Waals surface area contributed by atoms with Crippen molar-refractivity contribution < 1.29 is 14.3 Å². The highest BCUT2D eigenvalue weighted by Crippen LogP contribution is 2.44. The van der Waals surface area contributed by atoms with Gasteiger partial charge >= 0.3 is 5.97 Å². The summed E-state index contributed by atoms with van der Waals surface area (Å²) in [5, 5.41) is 0. The largest absolute Gasteiger partial charge is 0.464 e. The summed E-state index contributed by atoms with van der Waals surface area (Å²) in [7, 11) is 1.36. The zero-order chi connectivity index (χ0) is 15.7. The highest BCUT2D eigenvalue weighted by molar-refractivity contribution is 9.10. The van der Waals surface area contributed by atoms with E-state index in [1.807, 2.05) is 0 Å². The molecule has 2 fully saturated rings. The number of anilines is 1. The summed E-state index contributed by atoms with van der Waals surface area (Å²) in [4.78, 5) is 22.7. The number of aromatic nitrogens is 2. The number of hydrogen-bond donors (Lipinski definition) is 0. The molecule has 6 nitrogen and oxygen atoms in total. The minimum Gasteiger partial charge on any atom is -0.464 e. The zero-order valence-electron chi connectivity index (χ0n) is 12.8. The second-order valence-electron chi connectivity index (χ2n) is 6.12. The normalized spacial score (nSPS) is 23.8. The van der Waals surface area contributed by atoms with Crippen LogP contribution in [0.4, 0.5) is 5.82 Å². The third-order valence-electron chi connectivity index (χ3n) is 4.96. The van der Waals surface area contributed by atoms with Crippen molar-refractivity contribution in [3.8, 4) is 0 Å². The molecule has 1 aromatic rings. The molecule has 2 aliphatic heterocycles. The molecule has 2 aliphatic rings. The molecule has 0 saturated carbocycles. The summed E-state index contributed by atoms with van der Waals surface area (Å²) in [6.07, 6.45) is 3.71. The van der Waals surface area contributed by atoms with Gasteiger partial charge in [0.25, 0.3) is 0 Å². The van der Waals surface area contributed by atoms with Gasteiger partial charge in [-0.2, -0.15) is 0 Å². The van der Waals surface area contributed by atoms with Crippen LogP contribution in [0.2, 0.25) is 0 Å². The van der Waals surface area contributed by atoms with E-state index in [0.717, 1.165) is 39.1 Å². The van der Waals surface area contributed by atoms with Crippen LogP contribution in [-0.2, 0) is 9.47 Å². The predicted molar refractivity (Wildman–Crippen MR) is 84.9 cm³/mol. The highest BCUT2D eigenvalue weighted by Gasteiger charge is 2.44. The van der Waals surface area contributed by atoms with Crippen LogP contribution in [0, 0.1) is 11.3 Å². The molecule has 0 N–H and O–H groups in total. The van der Waals surface area contributed by atoms with E-state index in [2.05, 4.69) is 37.7 Å². The van der Waals surface area contributed by atoms with Crippen LogP contribution in [0.5, 0.6) is 0 Å². The molecule has 3 heterocycles. The third kappa shape index (κ3) is 2.72. The van der Waals surface area contributed by atoms with Gasteiger partial charge in [-0.15, -0.1) is 0 Å². The van der Waals surface area contributed by atoms with E-state index in [0.29, 0.717) is 16.3 Å². The molecule has 0 amide bonds. The number of nitrogens with zero attached hydrogens (tertiary/aromatic N) is 3. The van der Waals surface area contributed by atoms with E-state index in [-0.39, 0.29) is 11.1 Å². The van der Waals surface area contributed by atoms with Gasteiger partial charge in [0.2, 0.25) is 0 Å². The van der Waals surface area contributed by atoms with Crippen molar-refractivity contribution in [2.45, 2.75) is 19.8 Å². The van der Waals surface area contributed by atoms with E-state index in [1.165, 1.54) is 7.11 Å². The van der Waals surface area contributed by atoms with Crippen molar-refractivity contribution in [3.05, 3.63) is 16.5 Å². The van der Waals surface area contributed by atoms with Crippen LogP contribution in [0.15, 0.2) is 10.8 Å². The number of hydrogen-bond acceptors (Lipinski definition) is 6. The van der Waals surface area contributed by atoms with E-state index in [4.69, 9.17) is 9.47 Å². The Balaban J connectivity index is 1.80. The van der Waals surface area contributed by atoms with Gasteiger partial charge in [0.15, 0.2) is 11.5 Å². The Morgan fingerprint density at radius 1 is 1.50 bits per heavy atom. The van der Waals surface area contributed by atoms with Crippen LogP contribution in [0.3, 0.4) is 0 Å². The lowest BCUT2D eigenvalue weighted by Crippen LogP contribution is -2.44. The molecule has 0 aromatic carbocycles. The lowest BCUT2D eigenvalue weighted by atomic mass is 9.72.